The quantitative estimate of drug-likeness (QED) is 0.448. The summed E-state index contributed by atoms with van der Waals surface area (Å²) in [6, 6.07) is 2.90. The van der Waals surface area contributed by atoms with Gasteiger partial charge >= 0.3 is 0 Å². The number of hydrogen-bond acceptors (Lipinski definition) is 5. The number of methoxy groups -OCH3 is 1. The largest absolute Gasteiger partial charge is 0.495 e. The van der Waals surface area contributed by atoms with Crippen LogP contribution < -0.4 is 15.2 Å². The van der Waals surface area contributed by atoms with Gasteiger partial charge in [-0.1, -0.05) is 12.8 Å². The molecule has 0 aliphatic rings. The Kier molecular flexibility index (Phi) is 7.44. The summed E-state index contributed by atoms with van der Waals surface area (Å²) in [4.78, 5) is 0.0288. The van der Waals surface area contributed by atoms with Gasteiger partial charge in [0, 0.05) is 23.3 Å². The maximum atomic E-state index is 12.3. The van der Waals surface area contributed by atoms with E-state index in [1.54, 1.807) is 0 Å². The maximum absolute atomic E-state index is 12.3. The van der Waals surface area contributed by atoms with Crippen LogP contribution in [0.2, 0.25) is 0 Å². The van der Waals surface area contributed by atoms with Crippen molar-refractivity contribution in [2.45, 2.75) is 30.6 Å². The minimum absolute atomic E-state index is 0.0288. The third-order valence-electron chi connectivity index (χ3n) is 2.95. The summed E-state index contributed by atoms with van der Waals surface area (Å²) in [5, 5.41) is 8.67. The van der Waals surface area contributed by atoms with Gasteiger partial charge in [0.25, 0.3) is 0 Å². The van der Waals surface area contributed by atoms with E-state index in [0.29, 0.717) is 23.1 Å². The molecule has 0 bridgehead atoms. The van der Waals surface area contributed by atoms with Crippen molar-refractivity contribution in [1.29, 1.82) is 0 Å². The highest BCUT2D eigenvalue weighted by molar-refractivity contribution is 9.10. The first-order valence-corrected chi connectivity index (χ1v) is 8.93. The highest BCUT2D eigenvalue weighted by Crippen LogP contribution is 2.32. The van der Waals surface area contributed by atoms with Gasteiger partial charge in [-0.3, -0.25) is 0 Å². The first-order valence-electron chi connectivity index (χ1n) is 6.66. The average molecular weight is 381 g/mol. The van der Waals surface area contributed by atoms with Crippen LogP contribution in [0.5, 0.6) is 5.75 Å². The third-order valence-corrected chi connectivity index (χ3v) is 5.12. The van der Waals surface area contributed by atoms with Gasteiger partial charge in [-0.15, -0.1) is 0 Å². The zero-order valence-electron chi connectivity index (χ0n) is 11.9. The fourth-order valence-electron chi connectivity index (χ4n) is 1.80. The molecular formula is C13H21BrN2O4S. The molecule has 120 valence electrons. The van der Waals surface area contributed by atoms with E-state index in [9.17, 15) is 8.42 Å². The fraction of sp³-hybridized carbons (Fsp3) is 0.538. The summed E-state index contributed by atoms with van der Waals surface area (Å²) in [6.45, 7) is 0.508. The number of hydrogen-bond donors (Lipinski definition) is 3. The van der Waals surface area contributed by atoms with E-state index in [4.69, 9.17) is 15.6 Å². The molecule has 0 saturated carbocycles. The van der Waals surface area contributed by atoms with Crippen molar-refractivity contribution in [3.8, 4) is 5.75 Å². The van der Waals surface area contributed by atoms with Crippen LogP contribution >= 0.6 is 15.9 Å². The molecule has 21 heavy (non-hydrogen) atoms. The molecule has 0 atom stereocenters. The second kappa shape index (κ2) is 8.57. The molecule has 0 radical (unpaired) electrons. The van der Waals surface area contributed by atoms with E-state index in [2.05, 4.69) is 20.7 Å². The standard InChI is InChI=1S/C13H21BrN2O4S/c1-20-12-8-10(14)11(15)9-13(12)21(18,19)16-6-4-2-3-5-7-17/h8-9,16-17H,2-7,15H2,1H3. The number of nitrogens with two attached hydrogens (primary N) is 1. The van der Waals surface area contributed by atoms with Gasteiger partial charge in [0.15, 0.2) is 0 Å². The molecule has 0 unspecified atom stereocenters. The third kappa shape index (κ3) is 5.46. The van der Waals surface area contributed by atoms with Crippen LogP contribution in [-0.4, -0.2) is 33.8 Å². The lowest BCUT2D eigenvalue weighted by molar-refractivity contribution is 0.282. The lowest BCUT2D eigenvalue weighted by atomic mass is 10.2. The Morgan fingerprint density at radius 2 is 1.95 bits per heavy atom. The second-order valence-electron chi connectivity index (χ2n) is 4.56. The summed E-state index contributed by atoms with van der Waals surface area (Å²) < 4.78 is 32.7. The van der Waals surface area contributed by atoms with Crippen molar-refractivity contribution >= 4 is 31.6 Å². The highest BCUT2D eigenvalue weighted by Gasteiger charge is 2.20. The van der Waals surface area contributed by atoms with Crippen LogP contribution in [0.15, 0.2) is 21.5 Å². The Balaban J connectivity index is 2.72. The van der Waals surface area contributed by atoms with E-state index < -0.39 is 10.0 Å². The summed E-state index contributed by atoms with van der Waals surface area (Å²) in [7, 11) is -2.25. The molecule has 4 N–H and O–H groups in total. The molecule has 1 rings (SSSR count). The lowest BCUT2D eigenvalue weighted by Gasteiger charge is -2.12. The number of nitrogens with one attached hydrogen (secondary N) is 1. The maximum Gasteiger partial charge on any atom is 0.244 e. The predicted octanol–water partition coefficient (Wildman–Crippen LogP) is 1.87. The number of aliphatic hydroxyl groups is 1. The molecule has 0 spiro atoms. The number of ether oxygens (including phenoxy) is 1. The Hall–Kier alpha value is -0.830. The molecule has 8 heteroatoms. The van der Waals surface area contributed by atoms with Gasteiger partial charge in [-0.2, -0.15) is 0 Å². The number of halogens is 1. The van der Waals surface area contributed by atoms with Gasteiger partial charge in [0.1, 0.15) is 10.6 Å². The zero-order valence-corrected chi connectivity index (χ0v) is 14.3. The number of rotatable bonds is 9. The SMILES string of the molecule is COc1cc(Br)c(N)cc1S(=O)(=O)NCCCCCCO. The number of unbranched alkanes of at least 4 members (excludes halogenated alkanes) is 3. The van der Waals surface area contributed by atoms with Crippen molar-refractivity contribution in [1.82, 2.24) is 4.72 Å². The Morgan fingerprint density at radius 1 is 1.29 bits per heavy atom. The van der Waals surface area contributed by atoms with Crippen molar-refractivity contribution in [2.24, 2.45) is 0 Å². The minimum Gasteiger partial charge on any atom is -0.495 e. The zero-order chi connectivity index (χ0) is 15.9. The monoisotopic (exact) mass is 380 g/mol. The minimum atomic E-state index is -3.66. The fourth-order valence-corrected chi connectivity index (χ4v) is 3.38. The highest BCUT2D eigenvalue weighted by atomic mass is 79.9. The van der Waals surface area contributed by atoms with Crippen LogP contribution in [0.3, 0.4) is 0 Å². The van der Waals surface area contributed by atoms with E-state index in [0.717, 1.165) is 19.3 Å². The van der Waals surface area contributed by atoms with E-state index in [1.807, 2.05) is 0 Å². The summed E-state index contributed by atoms with van der Waals surface area (Å²) in [5.74, 6) is 0.240. The molecule has 0 aliphatic heterocycles. The van der Waals surface area contributed by atoms with Gasteiger partial charge in [0.05, 0.1) is 7.11 Å². The van der Waals surface area contributed by atoms with Crippen LogP contribution in [0.1, 0.15) is 25.7 Å². The normalized spacial score (nSPS) is 11.6. The van der Waals surface area contributed by atoms with Crippen molar-refractivity contribution in [3.63, 3.8) is 0 Å². The van der Waals surface area contributed by atoms with Gasteiger partial charge < -0.3 is 15.6 Å². The van der Waals surface area contributed by atoms with E-state index in [1.165, 1.54) is 19.2 Å². The van der Waals surface area contributed by atoms with Crippen molar-refractivity contribution in [3.05, 3.63) is 16.6 Å². The lowest BCUT2D eigenvalue weighted by Crippen LogP contribution is -2.25. The average Bonchev–Trinajstić information content (AvgIpc) is 2.45. The molecule has 0 amide bonds. The molecule has 1 aromatic carbocycles. The van der Waals surface area contributed by atoms with E-state index in [-0.39, 0.29) is 17.3 Å². The molecule has 0 aromatic heterocycles. The van der Waals surface area contributed by atoms with Gasteiger partial charge in [-0.25, -0.2) is 13.1 Å². The van der Waals surface area contributed by atoms with Crippen LogP contribution in [-0.2, 0) is 10.0 Å². The number of benzene rings is 1. The van der Waals surface area contributed by atoms with Gasteiger partial charge in [-0.05, 0) is 40.9 Å². The molecule has 0 saturated heterocycles. The van der Waals surface area contributed by atoms with Crippen molar-refractivity contribution < 1.29 is 18.3 Å². The smallest absolute Gasteiger partial charge is 0.244 e. The Bertz CT molecular complexity index is 564. The first-order chi connectivity index (χ1) is 9.92. The van der Waals surface area contributed by atoms with E-state index >= 15 is 0 Å². The molecule has 1 aromatic rings. The molecule has 0 aliphatic carbocycles. The molecule has 0 fully saturated rings. The summed E-state index contributed by atoms with van der Waals surface area (Å²) >= 11 is 3.24. The van der Waals surface area contributed by atoms with Crippen LogP contribution in [0.4, 0.5) is 5.69 Å². The molecule has 6 nitrogen and oxygen atoms in total. The molecule has 0 heterocycles. The number of nitrogen functional groups attached to an aromatic ring is 1. The van der Waals surface area contributed by atoms with Crippen LogP contribution in [0, 0.1) is 0 Å². The first kappa shape index (κ1) is 18.2. The number of aliphatic hydroxyl groups excluding tert-OH is 1. The van der Waals surface area contributed by atoms with Gasteiger partial charge in [0.2, 0.25) is 10.0 Å². The second-order valence-corrected chi connectivity index (χ2v) is 7.15. The number of anilines is 1. The summed E-state index contributed by atoms with van der Waals surface area (Å²) in [6.07, 6.45) is 3.20. The summed E-state index contributed by atoms with van der Waals surface area (Å²) in [5.41, 5.74) is 6.06. The Labute approximate surface area is 133 Å². The predicted molar refractivity (Wildman–Crippen MR) is 85.8 cm³/mol. The Morgan fingerprint density at radius 3 is 2.57 bits per heavy atom. The number of sulfonamides is 1. The van der Waals surface area contributed by atoms with Crippen LogP contribution in [0.25, 0.3) is 0 Å². The van der Waals surface area contributed by atoms with Crippen molar-refractivity contribution in [2.75, 3.05) is 26.0 Å². The topological polar surface area (TPSA) is 102 Å². The molecular weight excluding hydrogens is 360 g/mol.